The van der Waals surface area contributed by atoms with E-state index in [9.17, 15) is 4.79 Å². The van der Waals surface area contributed by atoms with Crippen molar-refractivity contribution in [3.63, 3.8) is 0 Å². The van der Waals surface area contributed by atoms with Crippen LogP contribution in [0.15, 0.2) is 0 Å². The molecule has 0 aliphatic heterocycles. The first-order valence-electron chi connectivity index (χ1n) is 3.82. The lowest BCUT2D eigenvalue weighted by Crippen LogP contribution is -2.44. The molecule has 2 nitrogen and oxygen atoms in total. The fraction of sp³-hybridized carbons (Fsp3) is 0.875. The van der Waals surface area contributed by atoms with E-state index in [0.29, 0.717) is 11.7 Å². The maximum atomic E-state index is 10.9. The molecule has 1 atom stereocenters. The van der Waals surface area contributed by atoms with Crippen molar-refractivity contribution in [3.8, 4) is 0 Å². The van der Waals surface area contributed by atoms with Gasteiger partial charge < -0.3 is 4.48 Å². The molecule has 0 aromatic carbocycles. The Morgan fingerprint density at radius 3 is 2.20 bits per heavy atom. The molecule has 1 fully saturated rings. The Bertz CT molecular complexity index is 146. The van der Waals surface area contributed by atoms with Crippen molar-refractivity contribution in [1.29, 1.82) is 0 Å². The van der Waals surface area contributed by atoms with E-state index >= 15 is 0 Å². The van der Waals surface area contributed by atoms with Crippen LogP contribution in [0.4, 0.5) is 0 Å². The maximum absolute atomic E-state index is 10.9. The highest BCUT2D eigenvalue weighted by Crippen LogP contribution is 2.23. The van der Waals surface area contributed by atoms with Crippen LogP contribution in [-0.2, 0) is 4.79 Å². The van der Waals surface area contributed by atoms with E-state index in [1.165, 1.54) is 0 Å². The van der Waals surface area contributed by atoms with Crippen molar-refractivity contribution < 1.29 is 9.28 Å². The second-order valence-corrected chi connectivity index (χ2v) is 4.17. The average Bonchev–Trinajstić information content (AvgIpc) is 1.78. The zero-order valence-electron chi connectivity index (χ0n) is 7.05. The third-order valence-corrected chi connectivity index (χ3v) is 1.96. The SMILES string of the molecule is C[N+](C)(C)CC1CCC1=O. The van der Waals surface area contributed by atoms with Crippen molar-refractivity contribution in [2.24, 2.45) is 5.92 Å². The minimum absolute atomic E-state index is 0.375. The number of nitrogens with zero attached hydrogens (tertiary/aromatic N) is 1. The molecular weight excluding hydrogens is 126 g/mol. The Morgan fingerprint density at radius 1 is 1.50 bits per heavy atom. The molecule has 58 valence electrons. The molecule has 2 heteroatoms. The first-order valence-corrected chi connectivity index (χ1v) is 3.82. The summed E-state index contributed by atoms with van der Waals surface area (Å²) in [4.78, 5) is 10.9. The molecule has 1 aliphatic rings. The summed E-state index contributed by atoms with van der Waals surface area (Å²) in [6.45, 7) is 1.01. The highest BCUT2D eigenvalue weighted by Gasteiger charge is 2.32. The minimum Gasteiger partial charge on any atom is -0.330 e. The summed E-state index contributed by atoms with van der Waals surface area (Å²) in [7, 11) is 6.39. The lowest BCUT2D eigenvalue weighted by atomic mass is 9.83. The van der Waals surface area contributed by atoms with Gasteiger partial charge in [0.1, 0.15) is 5.78 Å². The van der Waals surface area contributed by atoms with Gasteiger partial charge in [0.05, 0.1) is 33.6 Å². The quantitative estimate of drug-likeness (QED) is 0.518. The van der Waals surface area contributed by atoms with Gasteiger partial charge in [-0.1, -0.05) is 0 Å². The van der Waals surface area contributed by atoms with E-state index in [1.54, 1.807) is 0 Å². The molecular formula is C8H16NO+. The third-order valence-electron chi connectivity index (χ3n) is 1.96. The number of hydrogen-bond acceptors (Lipinski definition) is 1. The molecule has 10 heavy (non-hydrogen) atoms. The molecule has 0 heterocycles. The second-order valence-electron chi connectivity index (χ2n) is 4.17. The maximum Gasteiger partial charge on any atom is 0.141 e. The molecule has 0 aromatic rings. The van der Waals surface area contributed by atoms with Gasteiger partial charge in [-0.05, 0) is 6.42 Å². The van der Waals surface area contributed by atoms with Crippen LogP contribution in [0.3, 0.4) is 0 Å². The summed E-state index contributed by atoms with van der Waals surface area (Å²) in [5.74, 6) is 0.841. The highest BCUT2D eigenvalue weighted by molar-refractivity contribution is 5.86. The topological polar surface area (TPSA) is 17.1 Å². The van der Waals surface area contributed by atoms with Crippen molar-refractivity contribution in [3.05, 3.63) is 0 Å². The van der Waals surface area contributed by atoms with Gasteiger partial charge in [-0.25, -0.2) is 0 Å². The summed E-state index contributed by atoms with van der Waals surface area (Å²) in [5, 5.41) is 0. The first kappa shape index (κ1) is 7.73. The van der Waals surface area contributed by atoms with Crippen LogP contribution >= 0.6 is 0 Å². The van der Waals surface area contributed by atoms with Crippen LogP contribution in [0.5, 0.6) is 0 Å². The number of carbonyl (C=O) groups is 1. The van der Waals surface area contributed by atoms with E-state index in [1.807, 2.05) is 0 Å². The highest BCUT2D eigenvalue weighted by atomic mass is 16.1. The van der Waals surface area contributed by atoms with Crippen LogP contribution in [-0.4, -0.2) is 38.0 Å². The van der Waals surface area contributed by atoms with Gasteiger partial charge >= 0.3 is 0 Å². The van der Waals surface area contributed by atoms with Gasteiger partial charge in [0, 0.05) is 6.42 Å². The lowest BCUT2D eigenvalue weighted by molar-refractivity contribution is -0.873. The zero-order chi connectivity index (χ0) is 7.78. The summed E-state index contributed by atoms with van der Waals surface area (Å²) in [5.41, 5.74) is 0. The van der Waals surface area contributed by atoms with Crippen LogP contribution in [0.25, 0.3) is 0 Å². The van der Waals surface area contributed by atoms with Crippen LogP contribution in [0.2, 0.25) is 0 Å². The number of hydrogen-bond donors (Lipinski definition) is 0. The Kier molecular flexibility index (Phi) is 1.82. The molecule has 0 radical (unpaired) electrons. The first-order chi connectivity index (χ1) is 4.49. The number of Topliss-reactive ketones (excluding diaryl/α,β-unsaturated/α-hetero) is 1. The van der Waals surface area contributed by atoms with Crippen LogP contribution in [0.1, 0.15) is 12.8 Å². The monoisotopic (exact) mass is 142 g/mol. The number of rotatable bonds is 2. The van der Waals surface area contributed by atoms with Crippen molar-refractivity contribution >= 4 is 5.78 Å². The zero-order valence-corrected chi connectivity index (χ0v) is 7.05. The fourth-order valence-corrected chi connectivity index (χ4v) is 1.32. The van der Waals surface area contributed by atoms with Gasteiger partial charge in [-0.3, -0.25) is 4.79 Å². The average molecular weight is 142 g/mol. The van der Waals surface area contributed by atoms with Crippen LogP contribution in [0, 0.1) is 5.92 Å². The van der Waals surface area contributed by atoms with E-state index in [-0.39, 0.29) is 0 Å². The van der Waals surface area contributed by atoms with Gasteiger partial charge in [0.2, 0.25) is 0 Å². The van der Waals surface area contributed by atoms with Crippen molar-refractivity contribution in [2.45, 2.75) is 12.8 Å². The van der Waals surface area contributed by atoms with Crippen LogP contribution < -0.4 is 0 Å². The van der Waals surface area contributed by atoms with Gasteiger partial charge in [0.15, 0.2) is 0 Å². The molecule has 1 aliphatic carbocycles. The Hall–Kier alpha value is -0.370. The number of carbonyl (C=O) groups excluding carboxylic acids is 1. The second kappa shape index (κ2) is 2.35. The van der Waals surface area contributed by atoms with E-state index < -0.39 is 0 Å². The molecule has 0 amide bonds. The summed E-state index contributed by atoms with van der Waals surface area (Å²) < 4.78 is 0.913. The smallest absolute Gasteiger partial charge is 0.141 e. The van der Waals surface area contributed by atoms with E-state index in [4.69, 9.17) is 0 Å². The Balaban J connectivity index is 2.32. The predicted molar refractivity (Wildman–Crippen MR) is 40.6 cm³/mol. The molecule has 0 bridgehead atoms. The molecule has 0 saturated heterocycles. The van der Waals surface area contributed by atoms with E-state index in [2.05, 4.69) is 21.1 Å². The molecule has 0 N–H and O–H groups in total. The Labute approximate surface area is 62.4 Å². The molecule has 0 aromatic heterocycles. The van der Waals surface area contributed by atoms with Gasteiger partial charge in [-0.2, -0.15) is 0 Å². The van der Waals surface area contributed by atoms with Crippen molar-refractivity contribution in [2.75, 3.05) is 27.7 Å². The minimum atomic E-state index is 0.375. The summed E-state index contributed by atoms with van der Waals surface area (Å²) in [6, 6.07) is 0. The van der Waals surface area contributed by atoms with Gasteiger partial charge in [-0.15, -0.1) is 0 Å². The fourth-order valence-electron chi connectivity index (χ4n) is 1.32. The summed E-state index contributed by atoms with van der Waals surface area (Å²) >= 11 is 0. The molecule has 1 unspecified atom stereocenters. The molecule has 0 spiro atoms. The molecule has 1 saturated carbocycles. The normalized spacial score (nSPS) is 26.3. The van der Waals surface area contributed by atoms with Gasteiger partial charge in [0.25, 0.3) is 0 Å². The lowest BCUT2D eigenvalue weighted by Gasteiger charge is -2.32. The molecule has 1 rings (SSSR count). The standard InChI is InChI=1S/C8H16NO/c1-9(2,3)6-7-4-5-8(7)10/h7H,4-6H2,1-3H3/q+1. The largest absolute Gasteiger partial charge is 0.330 e. The summed E-state index contributed by atoms with van der Waals surface area (Å²) in [6.07, 6.45) is 1.94. The van der Waals surface area contributed by atoms with Crippen molar-refractivity contribution in [1.82, 2.24) is 0 Å². The predicted octanol–water partition coefficient (Wildman–Crippen LogP) is 0.672. The number of ketones is 1. The van der Waals surface area contributed by atoms with E-state index in [0.717, 1.165) is 23.9 Å². The number of quaternary nitrogens is 1. The third kappa shape index (κ3) is 1.81. The Morgan fingerprint density at radius 2 is 2.10 bits per heavy atom.